The van der Waals surface area contributed by atoms with Crippen LogP contribution < -0.4 is 11.1 Å². The van der Waals surface area contributed by atoms with Crippen molar-refractivity contribution < 1.29 is 4.79 Å². The van der Waals surface area contributed by atoms with E-state index >= 15 is 0 Å². The van der Waals surface area contributed by atoms with Gasteiger partial charge < -0.3 is 11.1 Å². The first-order chi connectivity index (χ1) is 8.97. The number of aromatic nitrogens is 1. The van der Waals surface area contributed by atoms with Crippen molar-refractivity contribution in [1.29, 1.82) is 0 Å². The number of amides is 1. The largest absolute Gasteiger partial charge is 0.380 e. The lowest BCUT2D eigenvalue weighted by atomic mass is 10.1. The lowest BCUT2D eigenvalue weighted by Gasteiger charge is -2.09. The molecule has 4 nitrogen and oxygen atoms in total. The van der Waals surface area contributed by atoms with Crippen LogP contribution in [0.5, 0.6) is 0 Å². The molecule has 5 heteroatoms. The number of nitrogens with one attached hydrogen (secondary N) is 1. The average Bonchev–Trinajstić information content (AvgIpc) is 2.66. The lowest BCUT2D eigenvalue weighted by Crippen LogP contribution is -2.11. The summed E-state index contributed by atoms with van der Waals surface area (Å²) in [6.45, 7) is 6.73. The van der Waals surface area contributed by atoms with E-state index in [4.69, 9.17) is 5.73 Å². The highest BCUT2D eigenvalue weighted by Gasteiger charge is 2.07. The van der Waals surface area contributed by atoms with Gasteiger partial charge in [0.1, 0.15) is 0 Å². The van der Waals surface area contributed by atoms with Crippen LogP contribution in [-0.4, -0.2) is 10.9 Å². The molecule has 1 aromatic carbocycles. The van der Waals surface area contributed by atoms with E-state index in [1.807, 2.05) is 26.8 Å². The van der Waals surface area contributed by atoms with Crippen LogP contribution in [0.15, 0.2) is 18.2 Å². The van der Waals surface area contributed by atoms with Gasteiger partial charge in [-0.05, 0) is 44.5 Å². The van der Waals surface area contributed by atoms with Gasteiger partial charge in [-0.25, -0.2) is 4.98 Å². The summed E-state index contributed by atoms with van der Waals surface area (Å²) in [5.74, 6) is -0.399. The molecule has 2 aromatic rings. The normalized spacial score (nSPS) is 10.5. The molecule has 100 valence electrons. The molecule has 0 aliphatic carbocycles. The second kappa shape index (κ2) is 5.40. The summed E-state index contributed by atoms with van der Waals surface area (Å²) in [6, 6.07) is 5.43. The van der Waals surface area contributed by atoms with Gasteiger partial charge in [0.25, 0.3) is 0 Å². The van der Waals surface area contributed by atoms with Gasteiger partial charge in [-0.2, -0.15) is 0 Å². The predicted octanol–water partition coefficient (Wildman–Crippen LogP) is 2.78. The van der Waals surface area contributed by atoms with Gasteiger partial charge in [0, 0.05) is 16.1 Å². The molecule has 0 aliphatic rings. The fourth-order valence-electron chi connectivity index (χ4n) is 1.93. The number of nitrogens with two attached hydrogens (primary N) is 1. The Balaban J connectivity index is 2.12. The minimum absolute atomic E-state index is 0.399. The maximum atomic E-state index is 11.1. The molecule has 1 heterocycles. The third kappa shape index (κ3) is 3.12. The molecule has 1 amide bonds. The van der Waals surface area contributed by atoms with Gasteiger partial charge in [0.15, 0.2) is 0 Å². The fourth-order valence-corrected chi connectivity index (χ4v) is 2.81. The zero-order valence-corrected chi connectivity index (χ0v) is 12.1. The Morgan fingerprint density at radius 2 is 2.11 bits per heavy atom. The number of carbonyl (C=O) groups is 1. The predicted molar refractivity (Wildman–Crippen MR) is 78.6 cm³/mol. The number of nitrogens with zero attached hydrogens (tertiary/aromatic N) is 1. The average molecular weight is 275 g/mol. The van der Waals surface area contributed by atoms with Crippen molar-refractivity contribution in [3.05, 3.63) is 44.9 Å². The van der Waals surface area contributed by atoms with Gasteiger partial charge in [0.2, 0.25) is 5.91 Å². The van der Waals surface area contributed by atoms with E-state index in [0.29, 0.717) is 5.56 Å². The summed E-state index contributed by atoms with van der Waals surface area (Å²) >= 11 is 1.70. The lowest BCUT2D eigenvalue weighted by molar-refractivity contribution is 0.1000. The second-order valence-corrected chi connectivity index (χ2v) is 5.78. The summed E-state index contributed by atoms with van der Waals surface area (Å²) in [5.41, 5.74) is 8.88. The van der Waals surface area contributed by atoms with Crippen LogP contribution >= 0.6 is 11.3 Å². The monoisotopic (exact) mass is 275 g/mol. The van der Waals surface area contributed by atoms with Gasteiger partial charge in [-0.1, -0.05) is 0 Å². The van der Waals surface area contributed by atoms with Crippen molar-refractivity contribution in [3.63, 3.8) is 0 Å². The standard InChI is InChI=1S/C14H17N3OS/c1-8-6-11(14(15)18)4-5-12(8)16-7-13-9(2)17-10(3)19-13/h4-6,16H,7H2,1-3H3,(H2,15,18). The highest BCUT2D eigenvalue weighted by atomic mass is 32.1. The molecular weight excluding hydrogens is 258 g/mol. The molecule has 2 rings (SSSR count). The molecule has 0 saturated carbocycles. The molecule has 0 spiro atoms. The van der Waals surface area contributed by atoms with E-state index < -0.39 is 5.91 Å². The Morgan fingerprint density at radius 3 is 2.63 bits per heavy atom. The van der Waals surface area contributed by atoms with Crippen molar-refractivity contribution in [2.24, 2.45) is 5.73 Å². The summed E-state index contributed by atoms with van der Waals surface area (Å²) < 4.78 is 0. The van der Waals surface area contributed by atoms with Crippen molar-refractivity contribution in [1.82, 2.24) is 4.98 Å². The Kier molecular flexibility index (Phi) is 3.85. The Bertz CT molecular complexity index is 619. The number of hydrogen-bond acceptors (Lipinski definition) is 4. The number of carbonyl (C=O) groups excluding carboxylic acids is 1. The second-order valence-electron chi connectivity index (χ2n) is 4.49. The topological polar surface area (TPSA) is 68.0 Å². The van der Waals surface area contributed by atoms with E-state index in [0.717, 1.165) is 28.5 Å². The highest BCUT2D eigenvalue weighted by molar-refractivity contribution is 7.11. The van der Waals surface area contributed by atoms with E-state index in [9.17, 15) is 4.79 Å². The molecule has 0 saturated heterocycles. The molecule has 0 fully saturated rings. The van der Waals surface area contributed by atoms with Crippen molar-refractivity contribution in [3.8, 4) is 0 Å². The molecule has 0 atom stereocenters. The molecule has 1 aromatic heterocycles. The summed E-state index contributed by atoms with van der Waals surface area (Å²) in [7, 11) is 0. The minimum atomic E-state index is -0.399. The first-order valence-electron chi connectivity index (χ1n) is 6.04. The van der Waals surface area contributed by atoms with Crippen LogP contribution in [0, 0.1) is 20.8 Å². The SMILES string of the molecule is Cc1nc(C)c(CNc2ccc(C(N)=O)cc2C)s1. The molecule has 0 aliphatic heterocycles. The first-order valence-corrected chi connectivity index (χ1v) is 6.86. The van der Waals surface area contributed by atoms with Crippen LogP contribution in [0.1, 0.15) is 31.5 Å². The van der Waals surface area contributed by atoms with Crippen LogP contribution in [0.2, 0.25) is 0 Å². The van der Waals surface area contributed by atoms with E-state index in [1.165, 1.54) is 4.88 Å². The van der Waals surface area contributed by atoms with Crippen molar-refractivity contribution >= 4 is 22.9 Å². The van der Waals surface area contributed by atoms with Crippen LogP contribution in [-0.2, 0) is 6.54 Å². The van der Waals surface area contributed by atoms with Crippen LogP contribution in [0.4, 0.5) is 5.69 Å². The Labute approximate surface area is 116 Å². The third-order valence-corrected chi connectivity index (χ3v) is 4.02. The minimum Gasteiger partial charge on any atom is -0.380 e. The summed E-state index contributed by atoms with van der Waals surface area (Å²) in [5, 5.41) is 4.45. The summed E-state index contributed by atoms with van der Waals surface area (Å²) in [4.78, 5) is 16.7. The number of primary amides is 1. The molecule has 0 radical (unpaired) electrons. The van der Waals surface area contributed by atoms with Gasteiger partial charge in [-0.3, -0.25) is 4.79 Å². The highest BCUT2D eigenvalue weighted by Crippen LogP contribution is 2.21. The Morgan fingerprint density at radius 1 is 1.37 bits per heavy atom. The van der Waals surface area contributed by atoms with Crippen molar-refractivity contribution in [2.75, 3.05) is 5.32 Å². The maximum Gasteiger partial charge on any atom is 0.248 e. The van der Waals surface area contributed by atoms with Gasteiger partial charge >= 0.3 is 0 Å². The van der Waals surface area contributed by atoms with Gasteiger partial charge in [0.05, 0.1) is 17.2 Å². The third-order valence-electron chi connectivity index (χ3n) is 2.95. The van der Waals surface area contributed by atoms with E-state index in [-0.39, 0.29) is 0 Å². The molecular formula is C14H17N3OS. The number of benzene rings is 1. The number of rotatable bonds is 4. The fraction of sp³-hybridized carbons (Fsp3) is 0.286. The van der Waals surface area contributed by atoms with Crippen LogP contribution in [0.3, 0.4) is 0 Å². The van der Waals surface area contributed by atoms with E-state index in [1.54, 1.807) is 23.5 Å². The van der Waals surface area contributed by atoms with E-state index in [2.05, 4.69) is 10.3 Å². The molecule has 0 bridgehead atoms. The zero-order valence-electron chi connectivity index (χ0n) is 11.3. The quantitative estimate of drug-likeness (QED) is 0.901. The number of anilines is 1. The number of thiazole rings is 1. The molecule has 3 N–H and O–H groups in total. The number of hydrogen-bond donors (Lipinski definition) is 2. The smallest absolute Gasteiger partial charge is 0.248 e. The number of aryl methyl sites for hydroxylation is 3. The van der Waals surface area contributed by atoms with Crippen LogP contribution in [0.25, 0.3) is 0 Å². The Hall–Kier alpha value is -1.88. The van der Waals surface area contributed by atoms with Gasteiger partial charge in [-0.15, -0.1) is 11.3 Å². The van der Waals surface area contributed by atoms with Crippen molar-refractivity contribution in [2.45, 2.75) is 27.3 Å². The zero-order chi connectivity index (χ0) is 14.0. The first kappa shape index (κ1) is 13.5. The maximum absolute atomic E-state index is 11.1. The molecule has 19 heavy (non-hydrogen) atoms. The summed E-state index contributed by atoms with van der Waals surface area (Å²) in [6.07, 6.45) is 0. The molecule has 0 unspecified atom stereocenters.